The molecule has 0 saturated carbocycles. The minimum atomic E-state index is -0.259. The molecule has 7 heteroatoms. The molecule has 5 rings (SSSR count). The molecule has 0 atom stereocenters. The number of hydrogen-bond acceptors (Lipinski definition) is 5. The zero-order valence-electron chi connectivity index (χ0n) is 16.2. The number of halogens is 1. The SMILES string of the molecule is O=C(c1ccno1)N1CCN(c2ccc3cccc(-c4ccc(F)cc4)c3n2)CC1. The summed E-state index contributed by atoms with van der Waals surface area (Å²) < 4.78 is 18.3. The molecule has 0 bridgehead atoms. The summed E-state index contributed by atoms with van der Waals surface area (Å²) in [5.41, 5.74) is 2.77. The molecule has 1 aliphatic heterocycles. The zero-order chi connectivity index (χ0) is 20.5. The molecular formula is C23H19FN4O2. The third-order valence-electron chi connectivity index (χ3n) is 5.40. The van der Waals surface area contributed by atoms with Gasteiger partial charge in [0.2, 0.25) is 5.76 Å². The summed E-state index contributed by atoms with van der Waals surface area (Å²) in [4.78, 5) is 21.3. The summed E-state index contributed by atoms with van der Waals surface area (Å²) in [6.45, 7) is 2.52. The molecule has 0 radical (unpaired) electrons. The Balaban J connectivity index is 1.40. The Morgan fingerprint density at radius 3 is 2.47 bits per heavy atom. The second kappa shape index (κ2) is 7.59. The maximum Gasteiger partial charge on any atom is 0.292 e. The lowest BCUT2D eigenvalue weighted by Crippen LogP contribution is -2.49. The van der Waals surface area contributed by atoms with E-state index in [-0.39, 0.29) is 17.5 Å². The maximum absolute atomic E-state index is 13.3. The van der Waals surface area contributed by atoms with E-state index in [1.165, 1.54) is 18.3 Å². The van der Waals surface area contributed by atoms with Crippen LogP contribution in [-0.4, -0.2) is 47.1 Å². The molecule has 3 heterocycles. The largest absolute Gasteiger partial charge is 0.353 e. The van der Waals surface area contributed by atoms with Gasteiger partial charge in [-0.3, -0.25) is 4.79 Å². The number of anilines is 1. The number of pyridine rings is 1. The van der Waals surface area contributed by atoms with Crippen LogP contribution in [0.5, 0.6) is 0 Å². The van der Waals surface area contributed by atoms with Crippen molar-refractivity contribution in [3.63, 3.8) is 0 Å². The van der Waals surface area contributed by atoms with Gasteiger partial charge in [-0.05, 0) is 29.8 Å². The molecule has 1 fully saturated rings. The van der Waals surface area contributed by atoms with Crippen molar-refractivity contribution in [1.82, 2.24) is 15.0 Å². The number of amides is 1. The molecule has 0 spiro atoms. The van der Waals surface area contributed by atoms with Gasteiger partial charge in [-0.2, -0.15) is 0 Å². The number of piperazine rings is 1. The fraction of sp³-hybridized carbons (Fsp3) is 0.174. The number of hydrogen-bond donors (Lipinski definition) is 0. The highest BCUT2D eigenvalue weighted by molar-refractivity contribution is 5.94. The van der Waals surface area contributed by atoms with Crippen molar-refractivity contribution in [2.24, 2.45) is 0 Å². The van der Waals surface area contributed by atoms with E-state index in [9.17, 15) is 9.18 Å². The van der Waals surface area contributed by atoms with Crippen LogP contribution >= 0.6 is 0 Å². The summed E-state index contributed by atoms with van der Waals surface area (Å²) in [6.07, 6.45) is 1.47. The average molecular weight is 402 g/mol. The van der Waals surface area contributed by atoms with Crippen molar-refractivity contribution >= 4 is 22.6 Å². The molecule has 1 saturated heterocycles. The summed E-state index contributed by atoms with van der Waals surface area (Å²) in [5, 5.41) is 4.63. The van der Waals surface area contributed by atoms with E-state index in [1.54, 1.807) is 23.1 Å². The van der Waals surface area contributed by atoms with Crippen LogP contribution in [0.3, 0.4) is 0 Å². The van der Waals surface area contributed by atoms with Gasteiger partial charge in [-0.1, -0.05) is 35.5 Å². The number of fused-ring (bicyclic) bond motifs is 1. The van der Waals surface area contributed by atoms with Gasteiger partial charge in [0, 0.05) is 43.2 Å². The Labute approximate surface area is 172 Å². The van der Waals surface area contributed by atoms with Crippen molar-refractivity contribution in [1.29, 1.82) is 0 Å². The quantitative estimate of drug-likeness (QED) is 0.519. The lowest BCUT2D eigenvalue weighted by Gasteiger charge is -2.35. The Bertz CT molecular complexity index is 1180. The standard InChI is InChI=1S/C23H19FN4O2/c24-18-7-4-16(5-8-18)19-3-1-2-17-6-9-21(26-22(17)19)27-12-14-28(15-13-27)23(29)20-10-11-25-30-20/h1-11H,12-15H2. The van der Waals surface area contributed by atoms with Gasteiger partial charge >= 0.3 is 0 Å². The molecule has 4 aromatic rings. The lowest BCUT2D eigenvalue weighted by atomic mass is 10.0. The predicted molar refractivity (Wildman–Crippen MR) is 112 cm³/mol. The minimum absolute atomic E-state index is 0.141. The molecule has 0 unspecified atom stereocenters. The van der Waals surface area contributed by atoms with Crippen molar-refractivity contribution in [3.8, 4) is 11.1 Å². The van der Waals surface area contributed by atoms with E-state index < -0.39 is 0 Å². The van der Waals surface area contributed by atoms with E-state index in [2.05, 4.69) is 16.1 Å². The number of aromatic nitrogens is 2. The van der Waals surface area contributed by atoms with Crippen LogP contribution in [0.25, 0.3) is 22.0 Å². The van der Waals surface area contributed by atoms with Crippen molar-refractivity contribution < 1.29 is 13.7 Å². The third kappa shape index (κ3) is 3.39. The monoisotopic (exact) mass is 402 g/mol. The zero-order valence-corrected chi connectivity index (χ0v) is 16.2. The first kappa shape index (κ1) is 18.3. The van der Waals surface area contributed by atoms with Crippen molar-refractivity contribution in [2.45, 2.75) is 0 Å². The van der Waals surface area contributed by atoms with E-state index >= 15 is 0 Å². The van der Waals surface area contributed by atoms with Crippen LogP contribution in [0.1, 0.15) is 10.6 Å². The highest BCUT2D eigenvalue weighted by Gasteiger charge is 2.25. The lowest BCUT2D eigenvalue weighted by molar-refractivity contribution is 0.0704. The molecule has 1 aliphatic rings. The summed E-state index contributed by atoms with van der Waals surface area (Å²) in [5.74, 6) is 0.725. The molecule has 2 aromatic heterocycles. The van der Waals surface area contributed by atoms with Gasteiger partial charge in [0.1, 0.15) is 11.6 Å². The molecule has 0 aliphatic carbocycles. The molecular weight excluding hydrogens is 383 g/mol. The third-order valence-corrected chi connectivity index (χ3v) is 5.40. The minimum Gasteiger partial charge on any atom is -0.353 e. The van der Waals surface area contributed by atoms with Crippen LogP contribution in [0.15, 0.2) is 71.4 Å². The number of benzene rings is 2. The molecule has 6 nitrogen and oxygen atoms in total. The highest BCUT2D eigenvalue weighted by atomic mass is 19.1. The first-order chi connectivity index (χ1) is 14.7. The van der Waals surface area contributed by atoms with Crippen LogP contribution in [0.4, 0.5) is 10.2 Å². The molecule has 150 valence electrons. The maximum atomic E-state index is 13.3. The predicted octanol–water partition coefficient (Wildman–Crippen LogP) is 3.99. The number of para-hydroxylation sites is 1. The smallest absolute Gasteiger partial charge is 0.292 e. The van der Waals surface area contributed by atoms with E-state index in [4.69, 9.17) is 9.51 Å². The Hall–Kier alpha value is -3.74. The van der Waals surface area contributed by atoms with E-state index in [0.717, 1.165) is 27.8 Å². The van der Waals surface area contributed by atoms with Crippen molar-refractivity contribution in [2.75, 3.05) is 31.1 Å². The average Bonchev–Trinajstić information content (AvgIpc) is 3.34. The van der Waals surface area contributed by atoms with Crippen LogP contribution in [0, 0.1) is 5.82 Å². The Morgan fingerprint density at radius 2 is 1.73 bits per heavy atom. The van der Waals surface area contributed by atoms with Crippen LogP contribution in [-0.2, 0) is 0 Å². The second-order valence-corrected chi connectivity index (χ2v) is 7.21. The summed E-state index contributed by atoms with van der Waals surface area (Å²) in [6, 6.07) is 18.1. The Kier molecular flexibility index (Phi) is 4.63. The van der Waals surface area contributed by atoms with Gasteiger partial charge in [0.15, 0.2) is 0 Å². The normalized spacial score (nSPS) is 14.3. The number of carbonyl (C=O) groups is 1. The topological polar surface area (TPSA) is 62.5 Å². The van der Waals surface area contributed by atoms with Crippen molar-refractivity contribution in [3.05, 3.63) is 78.4 Å². The molecule has 30 heavy (non-hydrogen) atoms. The van der Waals surface area contributed by atoms with E-state index in [0.29, 0.717) is 26.2 Å². The first-order valence-corrected chi connectivity index (χ1v) is 9.80. The van der Waals surface area contributed by atoms with Gasteiger partial charge in [-0.15, -0.1) is 0 Å². The fourth-order valence-corrected chi connectivity index (χ4v) is 3.80. The van der Waals surface area contributed by atoms with Gasteiger partial charge in [0.25, 0.3) is 5.91 Å². The number of rotatable bonds is 3. The van der Waals surface area contributed by atoms with Gasteiger partial charge in [-0.25, -0.2) is 9.37 Å². The second-order valence-electron chi connectivity index (χ2n) is 7.21. The number of nitrogens with zero attached hydrogens (tertiary/aromatic N) is 4. The van der Waals surface area contributed by atoms with Crippen LogP contribution < -0.4 is 4.90 Å². The fourth-order valence-electron chi connectivity index (χ4n) is 3.80. The van der Waals surface area contributed by atoms with E-state index in [1.807, 2.05) is 24.3 Å². The molecule has 1 amide bonds. The Morgan fingerprint density at radius 1 is 0.933 bits per heavy atom. The summed E-state index contributed by atoms with van der Waals surface area (Å²) >= 11 is 0. The van der Waals surface area contributed by atoms with Gasteiger partial charge < -0.3 is 14.3 Å². The first-order valence-electron chi connectivity index (χ1n) is 9.80. The van der Waals surface area contributed by atoms with Gasteiger partial charge in [0.05, 0.1) is 11.7 Å². The molecule has 2 aromatic carbocycles. The number of carbonyl (C=O) groups excluding carboxylic acids is 1. The highest BCUT2D eigenvalue weighted by Crippen LogP contribution is 2.29. The summed E-state index contributed by atoms with van der Waals surface area (Å²) in [7, 11) is 0. The van der Waals surface area contributed by atoms with Crippen LogP contribution in [0.2, 0.25) is 0 Å². The molecule has 0 N–H and O–H groups in total.